The van der Waals surface area contributed by atoms with Gasteiger partial charge in [0.25, 0.3) is 0 Å². The summed E-state index contributed by atoms with van der Waals surface area (Å²) in [7, 11) is 3.30. The number of nitrogens with zero attached hydrogens (tertiary/aromatic N) is 4. The predicted octanol–water partition coefficient (Wildman–Crippen LogP) is 1.49. The first-order chi connectivity index (χ1) is 35.7. The molecule has 18 heteroatoms. The molecular weight excluding hydrogens is 941 g/mol. The van der Waals surface area contributed by atoms with E-state index in [0.29, 0.717) is 62.7 Å². The minimum atomic E-state index is -1.07. The lowest BCUT2D eigenvalue weighted by molar-refractivity contribution is -0.147. The SMILES string of the molecule is CN[C@@H](C)C(=O)N[C@H]1CN(C(=O)Cc2ccc(CC(=O)N3CC[C@H]4CC[C@@H](C(=O)N[C@H]5C[C@H]5c5ccccc5)N4C(=O)[C@@H](NC(=O)[C@H](C)NC)C3)cc2)CC[C@H]2CC[C@@H](C(=O)N[C@H]3C[C@H]3c3ccccc3)N2C1=O. The number of hydrogen-bond donors (Lipinski definition) is 6. The summed E-state index contributed by atoms with van der Waals surface area (Å²) in [6.07, 6.45) is 4.84. The van der Waals surface area contributed by atoms with Crippen molar-refractivity contribution in [2.45, 2.75) is 150 Å². The van der Waals surface area contributed by atoms with Gasteiger partial charge in [-0.05, 0) is 102 Å². The number of fused-ring (bicyclic) bond motifs is 2. The van der Waals surface area contributed by atoms with E-state index < -0.39 is 48.1 Å². The second kappa shape index (κ2) is 22.8. The summed E-state index contributed by atoms with van der Waals surface area (Å²) >= 11 is 0. The Hall–Kier alpha value is -6.66. The molecule has 2 aliphatic carbocycles. The molecule has 0 unspecified atom stereocenters. The number of carbonyl (C=O) groups excluding carboxylic acids is 8. The van der Waals surface area contributed by atoms with E-state index >= 15 is 0 Å². The first kappa shape index (κ1) is 52.2. The van der Waals surface area contributed by atoms with Crippen molar-refractivity contribution in [1.29, 1.82) is 0 Å². The number of amides is 8. The van der Waals surface area contributed by atoms with Gasteiger partial charge >= 0.3 is 0 Å². The Morgan fingerprint density at radius 2 is 0.892 bits per heavy atom. The Balaban J connectivity index is 0.822. The minimum absolute atomic E-state index is 0.00337. The van der Waals surface area contributed by atoms with Crippen molar-refractivity contribution in [3.05, 3.63) is 107 Å². The molecule has 0 bridgehead atoms. The van der Waals surface area contributed by atoms with Gasteiger partial charge < -0.3 is 51.5 Å². The Morgan fingerprint density at radius 1 is 0.514 bits per heavy atom. The molecule has 12 atom stereocenters. The van der Waals surface area contributed by atoms with Gasteiger partial charge in [0.15, 0.2) is 0 Å². The fourth-order valence-corrected chi connectivity index (χ4v) is 11.5. The second-order valence-electron chi connectivity index (χ2n) is 21.3. The van der Waals surface area contributed by atoms with Crippen LogP contribution in [0.15, 0.2) is 84.9 Å². The summed E-state index contributed by atoms with van der Waals surface area (Å²) in [4.78, 5) is 118. The Kier molecular flexibility index (Phi) is 16.1. The predicted molar refractivity (Wildman–Crippen MR) is 276 cm³/mol. The van der Waals surface area contributed by atoms with E-state index in [4.69, 9.17) is 0 Å². The van der Waals surface area contributed by atoms with Crippen LogP contribution in [0.1, 0.15) is 99.3 Å². The molecule has 4 saturated heterocycles. The van der Waals surface area contributed by atoms with Crippen molar-refractivity contribution >= 4 is 47.3 Å². The molecule has 18 nitrogen and oxygen atoms in total. The molecule has 9 rings (SSSR count). The first-order valence-electron chi connectivity index (χ1n) is 26.6. The van der Waals surface area contributed by atoms with Gasteiger partial charge in [0.1, 0.15) is 24.2 Å². The van der Waals surface area contributed by atoms with E-state index in [1.807, 2.05) is 36.4 Å². The molecule has 0 spiro atoms. The van der Waals surface area contributed by atoms with Crippen LogP contribution in [0.4, 0.5) is 0 Å². The van der Waals surface area contributed by atoms with E-state index in [2.05, 4.69) is 56.2 Å². The highest BCUT2D eigenvalue weighted by Crippen LogP contribution is 2.42. The van der Waals surface area contributed by atoms with Crippen LogP contribution in [-0.4, -0.2) is 168 Å². The van der Waals surface area contributed by atoms with Crippen LogP contribution in [0.2, 0.25) is 0 Å². The van der Waals surface area contributed by atoms with Crippen molar-refractivity contribution in [2.24, 2.45) is 0 Å². The van der Waals surface area contributed by atoms with Crippen LogP contribution < -0.4 is 31.9 Å². The third kappa shape index (κ3) is 11.8. The van der Waals surface area contributed by atoms with Crippen LogP contribution in [0.25, 0.3) is 0 Å². The number of hydrogen-bond acceptors (Lipinski definition) is 10. The molecule has 6 aliphatic rings. The third-order valence-electron chi connectivity index (χ3n) is 16.4. The molecule has 6 fully saturated rings. The van der Waals surface area contributed by atoms with Gasteiger partial charge in [-0.3, -0.25) is 38.4 Å². The maximum Gasteiger partial charge on any atom is 0.247 e. The van der Waals surface area contributed by atoms with E-state index in [9.17, 15) is 38.4 Å². The van der Waals surface area contributed by atoms with Crippen molar-refractivity contribution < 1.29 is 38.4 Å². The fourth-order valence-electron chi connectivity index (χ4n) is 11.5. The molecule has 3 aromatic carbocycles. The van der Waals surface area contributed by atoms with Gasteiger partial charge in [0.05, 0.1) is 24.9 Å². The zero-order valence-electron chi connectivity index (χ0n) is 43.0. The molecule has 4 aliphatic heterocycles. The lowest BCUT2D eigenvalue weighted by Gasteiger charge is -2.39. The van der Waals surface area contributed by atoms with E-state index in [1.54, 1.807) is 71.8 Å². The summed E-state index contributed by atoms with van der Waals surface area (Å²) in [6, 6.07) is 22.1. The standard InChI is InChI=1S/C56H72N10O8/c1-33(57-3)51(69)61-45-31-63(25-23-39-19-21-47(65(39)55(45)73)53(71)59-43-29-41(43)37-11-7-5-8-12-37)49(67)27-35-15-17-36(18-16-35)28-50(68)64-26-24-40-20-22-48(54(72)60-44-30-42(44)38-13-9-6-10-14-38)66(40)56(74)46(32-64)62-52(70)34(2)58-4/h5-18,33-34,39-48,57-58H,19-32H2,1-4H3,(H,59,71)(H,60,72)(H,61,69)(H,62,70)/t33-,34-,39+,40+,41-,42-,43-,44-,45-,46-,47-,48-/m0/s1. The van der Waals surface area contributed by atoms with E-state index in [-0.39, 0.29) is 97.4 Å². The average Bonchev–Trinajstić information content (AvgIpc) is 4.27. The monoisotopic (exact) mass is 1010 g/mol. The van der Waals surface area contributed by atoms with Crippen LogP contribution in [0.5, 0.6) is 0 Å². The molecule has 8 amide bonds. The smallest absolute Gasteiger partial charge is 0.247 e. The van der Waals surface area contributed by atoms with Crippen LogP contribution in [0, 0.1) is 0 Å². The summed E-state index contributed by atoms with van der Waals surface area (Å²) in [6.45, 7) is 3.92. The highest BCUT2D eigenvalue weighted by Gasteiger charge is 2.50. The highest BCUT2D eigenvalue weighted by molar-refractivity contribution is 5.96. The topological polar surface area (TPSA) is 222 Å². The zero-order chi connectivity index (χ0) is 52.2. The van der Waals surface area contributed by atoms with Crippen molar-refractivity contribution in [3.63, 3.8) is 0 Å². The normalized spacial score (nSPS) is 28.3. The maximum absolute atomic E-state index is 14.5. The zero-order valence-corrected chi connectivity index (χ0v) is 43.0. The lowest BCUT2D eigenvalue weighted by Crippen LogP contribution is -2.62. The number of benzene rings is 3. The van der Waals surface area contributed by atoms with Gasteiger partial charge in [-0.2, -0.15) is 0 Å². The summed E-state index contributed by atoms with van der Waals surface area (Å²) < 4.78 is 0. The number of nitrogens with one attached hydrogen (secondary N) is 6. The van der Waals surface area contributed by atoms with Gasteiger partial charge in [0, 0.05) is 62.2 Å². The van der Waals surface area contributed by atoms with Crippen molar-refractivity contribution in [1.82, 2.24) is 51.5 Å². The Bertz CT molecular complexity index is 2390. The molecule has 4 heterocycles. The molecule has 3 aromatic rings. The Morgan fingerprint density at radius 3 is 1.26 bits per heavy atom. The molecule has 6 N–H and O–H groups in total. The summed E-state index contributed by atoms with van der Waals surface area (Å²) in [5.74, 6) is -1.91. The van der Waals surface area contributed by atoms with Crippen LogP contribution in [0.3, 0.4) is 0 Å². The molecule has 394 valence electrons. The van der Waals surface area contributed by atoms with E-state index in [1.165, 1.54) is 11.1 Å². The highest BCUT2D eigenvalue weighted by atomic mass is 16.2. The number of likely N-dealkylation sites (N-methyl/N-ethyl adjacent to an activating group) is 2. The minimum Gasteiger partial charge on any atom is -0.351 e. The van der Waals surface area contributed by atoms with E-state index in [0.717, 1.165) is 12.8 Å². The molecular formula is C56H72N10O8. The first-order valence-corrected chi connectivity index (χ1v) is 26.6. The Labute approximate surface area is 433 Å². The largest absolute Gasteiger partial charge is 0.351 e. The van der Waals surface area contributed by atoms with Crippen LogP contribution in [-0.2, 0) is 51.2 Å². The average molecular weight is 1010 g/mol. The second-order valence-corrected chi connectivity index (χ2v) is 21.3. The van der Waals surface area contributed by atoms with Gasteiger partial charge in [0.2, 0.25) is 47.3 Å². The quantitative estimate of drug-likeness (QED) is 0.121. The summed E-state index contributed by atoms with van der Waals surface area (Å²) in [5.41, 5.74) is 3.74. The molecule has 0 radical (unpaired) electrons. The molecule has 2 saturated carbocycles. The number of carbonyl (C=O) groups is 8. The van der Waals surface area contributed by atoms with Crippen molar-refractivity contribution in [2.75, 3.05) is 40.3 Å². The molecule has 74 heavy (non-hydrogen) atoms. The number of rotatable bonds is 16. The van der Waals surface area contributed by atoms with Crippen LogP contribution >= 0.6 is 0 Å². The lowest BCUT2D eigenvalue weighted by atomic mass is 10.0. The third-order valence-corrected chi connectivity index (χ3v) is 16.4. The summed E-state index contributed by atoms with van der Waals surface area (Å²) in [5, 5.41) is 18.0. The van der Waals surface area contributed by atoms with Crippen molar-refractivity contribution in [3.8, 4) is 0 Å². The van der Waals surface area contributed by atoms with Gasteiger partial charge in [-0.15, -0.1) is 0 Å². The molecule has 0 aromatic heterocycles. The van der Waals surface area contributed by atoms with Gasteiger partial charge in [-0.25, -0.2) is 0 Å². The van der Waals surface area contributed by atoms with Gasteiger partial charge in [-0.1, -0.05) is 84.9 Å². The maximum atomic E-state index is 14.5. The fraction of sp³-hybridized carbons (Fsp3) is 0.536.